The van der Waals surface area contributed by atoms with E-state index in [0.29, 0.717) is 25.3 Å². The average Bonchev–Trinajstić information content (AvgIpc) is 2.52. The number of hydrogen-bond donors (Lipinski definition) is 3. The molecule has 1 atom stereocenters. The second-order valence-corrected chi connectivity index (χ2v) is 7.00. The summed E-state index contributed by atoms with van der Waals surface area (Å²) in [5.74, 6) is -1.19. The highest BCUT2D eigenvalue weighted by Gasteiger charge is 2.21. The molecule has 0 aromatic heterocycles. The smallest absolute Gasteiger partial charge is 0.335 e. The summed E-state index contributed by atoms with van der Waals surface area (Å²) in [6.45, 7) is 2.83. The molecule has 0 heterocycles. The Labute approximate surface area is 142 Å². The van der Waals surface area contributed by atoms with Gasteiger partial charge in [0.05, 0.1) is 17.9 Å². The Kier molecular flexibility index (Phi) is 8.13. The standard InChI is InChI=1S/C15H24N2O6S/c1-11(10-23-3)17-13-6-5-12(15(18)19)9-14(13)24(20,21)16-7-4-8-22-2/h5-6,9,11,16-17H,4,7-8,10H2,1-3H3,(H,18,19)/t11-/m1/s1. The minimum atomic E-state index is -3.86. The van der Waals surface area contributed by atoms with Crippen LogP contribution >= 0.6 is 0 Å². The van der Waals surface area contributed by atoms with Crippen molar-refractivity contribution in [3.63, 3.8) is 0 Å². The number of ether oxygens (including phenoxy) is 2. The number of benzene rings is 1. The Morgan fingerprint density at radius 1 is 1.29 bits per heavy atom. The molecular weight excluding hydrogens is 336 g/mol. The van der Waals surface area contributed by atoms with Crippen molar-refractivity contribution in [2.45, 2.75) is 24.3 Å². The number of aromatic carboxylic acids is 1. The lowest BCUT2D eigenvalue weighted by Gasteiger charge is -2.18. The topological polar surface area (TPSA) is 114 Å². The molecule has 24 heavy (non-hydrogen) atoms. The van der Waals surface area contributed by atoms with Gasteiger partial charge in [-0.1, -0.05) is 0 Å². The number of carbonyl (C=O) groups is 1. The predicted octanol–water partition coefficient (Wildman–Crippen LogP) is 1.15. The first-order valence-electron chi connectivity index (χ1n) is 7.43. The van der Waals surface area contributed by atoms with Gasteiger partial charge in [-0.15, -0.1) is 0 Å². The van der Waals surface area contributed by atoms with Gasteiger partial charge in [-0.25, -0.2) is 17.9 Å². The zero-order valence-corrected chi connectivity index (χ0v) is 14.9. The number of nitrogens with one attached hydrogen (secondary N) is 2. The lowest BCUT2D eigenvalue weighted by molar-refractivity contribution is 0.0696. The summed E-state index contributed by atoms with van der Waals surface area (Å²) in [7, 11) is -0.786. The lowest BCUT2D eigenvalue weighted by atomic mass is 10.2. The van der Waals surface area contributed by atoms with E-state index in [1.807, 2.05) is 6.92 Å². The monoisotopic (exact) mass is 360 g/mol. The fourth-order valence-electron chi connectivity index (χ4n) is 2.05. The Balaban J connectivity index is 3.10. The molecule has 3 N–H and O–H groups in total. The van der Waals surface area contributed by atoms with E-state index in [-0.39, 0.29) is 23.0 Å². The van der Waals surface area contributed by atoms with Gasteiger partial charge >= 0.3 is 5.97 Å². The molecule has 1 aromatic rings. The molecule has 0 aliphatic heterocycles. The Hall–Kier alpha value is -1.68. The number of carboxylic acid groups (broad SMARTS) is 1. The third kappa shape index (κ3) is 6.08. The van der Waals surface area contributed by atoms with Crippen LogP contribution in [0.25, 0.3) is 0 Å². The second-order valence-electron chi connectivity index (χ2n) is 5.26. The van der Waals surface area contributed by atoms with Crippen LogP contribution in [0.15, 0.2) is 23.1 Å². The normalized spacial score (nSPS) is 12.8. The first-order valence-corrected chi connectivity index (χ1v) is 8.91. The maximum atomic E-state index is 12.5. The number of hydrogen-bond acceptors (Lipinski definition) is 6. The molecule has 0 aliphatic rings. The van der Waals surface area contributed by atoms with Gasteiger partial charge in [-0.05, 0) is 31.5 Å². The van der Waals surface area contributed by atoms with Crippen LogP contribution in [0.3, 0.4) is 0 Å². The molecule has 0 amide bonds. The van der Waals surface area contributed by atoms with Crippen molar-refractivity contribution in [3.05, 3.63) is 23.8 Å². The molecule has 0 saturated heterocycles. The third-order valence-corrected chi connectivity index (χ3v) is 4.65. The van der Waals surface area contributed by atoms with Crippen LogP contribution < -0.4 is 10.0 Å². The van der Waals surface area contributed by atoms with Gasteiger partial charge in [0.2, 0.25) is 10.0 Å². The first kappa shape index (κ1) is 20.4. The first-order chi connectivity index (χ1) is 11.3. The molecule has 0 fully saturated rings. The fourth-order valence-corrected chi connectivity index (χ4v) is 3.32. The summed E-state index contributed by atoms with van der Waals surface area (Å²) < 4.78 is 37.4. The molecule has 0 bridgehead atoms. The molecule has 136 valence electrons. The van der Waals surface area contributed by atoms with E-state index in [9.17, 15) is 13.2 Å². The van der Waals surface area contributed by atoms with Gasteiger partial charge in [0.25, 0.3) is 0 Å². The molecule has 1 rings (SSSR count). The summed E-state index contributed by atoms with van der Waals surface area (Å²) in [6.07, 6.45) is 0.511. The number of methoxy groups -OCH3 is 2. The lowest BCUT2D eigenvalue weighted by Crippen LogP contribution is -2.28. The van der Waals surface area contributed by atoms with E-state index in [2.05, 4.69) is 10.0 Å². The fraction of sp³-hybridized carbons (Fsp3) is 0.533. The van der Waals surface area contributed by atoms with Gasteiger partial charge in [-0.3, -0.25) is 0 Å². The quantitative estimate of drug-likeness (QED) is 0.507. The van der Waals surface area contributed by atoms with Crippen LogP contribution in [0, 0.1) is 0 Å². The molecule has 0 unspecified atom stereocenters. The molecule has 9 heteroatoms. The van der Waals surface area contributed by atoms with E-state index < -0.39 is 16.0 Å². The van der Waals surface area contributed by atoms with E-state index in [4.69, 9.17) is 14.6 Å². The van der Waals surface area contributed by atoms with E-state index >= 15 is 0 Å². The molecule has 8 nitrogen and oxygen atoms in total. The van der Waals surface area contributed by atoms with E-state index in [1.54, 1.807) is 7.11 Å². The van der Waals surface area contributed by atoms with Gasteiger partial charge in [0, 0.05) is 33.4 Å². The summed E-state index contributed by atoms with van der Waals surface area (Å²) in [6, 6.07) is 3.80. The van der Waals surface area contributed by atoms with Gasteiger partial charge in [0.15, 0.2) is 0 Å². The van der Waals surface area contributed by atoms with Crippen LogP contribution in [-0.4, -0.2) is 59.5 Å². The molecule has 0 spiro atoms. The van der Waals surface area contributed by atoms with Crippen molar-refractivity contribution >= 4 is 21.7 Å². The molecule has 0 aliphatic carbocycles. The van der Waals surface area contributed by atoms with E-state index in [0.717, 1.165) is 6.07 Å². The van der Waals surface area contributed by atoms with Gasteiger partial charge in [-0.2, -0.15) is 0 Å². The van der Waals surface area contributed by atoms with Crippen LogP contribution in [0.1, 0.15) is 23.7 Å². The predicted molar refractivity (Wildman–Crippen MR) is 90.0 cm³/mol. The highest BCUT2D eigenvalue weighted by molar-refractivity contribution is 7.89. The highest BCUT2D eigenvalue weighted by Crippen LogP contribution is 2.24. The van der Waals surface area contributed by atoms with Crippen molar-refractivity contribution in [1.82, 2.24) is 4.72 Å². The zero-order valence-electron chi connectivity index (χ0n) is 14.0. The summed E-state index contributed by atoms with van der Waals surface area (Å²) in [5.41, 5.74) is 0.223. The Morgan fingerprint density at radius 2 is 2.00 bits per heavy atom. The Morgan fingerprint density at radius 3 is 2.58 bits per heavy atom. The van der Waals surface area contributed by atoms with Crippen LogP contribution in [0.5, 0.6) is 0 Å². The zero-order chi connectivity index (χ0) is 18.2. The number of rotatable bonds is 11. The average molecular weight is 360 g/mol. The van der Waals surface area contributed by atoms with Gasteiger partial charge < -0.3 is 19.9 Å². The van der Waals surface area contributed by atoms with Crippen molar-refractivity contribution in [2.24, 2.45) is 0 Å². The van der Waals surface area contributed by atoms with Crippen LogP contribution in [0.4, 0.5) is 5.69 Å². The molecule has 1 aromatic carbocycles. The molecule has 0 saturated carbocycles. The maximum absolute atomic E-state index is 12.5. The van der Waals surface area contributed by atoms with Gasteiger partial charge in [0.1, 0.15) is 4.90 Å². The SMILES string of the molecule is COCCCNS(=O)(=O)c1cc(C(=O)O)ccc1N[C@H](C)COC. The largest absolute Gasteiger partial charge is 0.478 e. The summed E-state index contributed by atoms with van der Waals surface area (Å²) in [4.78, 5) is 11.0. The number of carboxylic acids is 1. The summed E-state index contributed by atoms with van der Waals surface area (Å²) in [5, 5.41) is 12.1. The third-order valence-electron chi connectivity index (χ3n) is 3.15. The molecule has 0 radical (unpaired) electrons. The van der Waals surface area contributed by atoms with Crippen molar-refractivity contribution in [1.29, 1.82) is 0 Å². The second kappa shape index (κ2) is 9.58. The van der Waals surface area contributed by atoms with Crippen LogP contribution in [-0.2, 0) is 19.5 Å². The van der Waals surface area contributed by atoms with E-state index in [1.165, 1.54) is 19.2 Å². The van der Waals surface area contributed by atoms with Crippen molar-refractivity contribution in [3.8, 4) is 0 Å². The number of anilines is 1. The maximum Gasteiger partial charge on any atom is 0.335 e. The van der Waals surface area contributed by atoms with Crippen LogP contribution in [0.2, 0.25) is 0 Å². The minimum Gasteiger partial charge on any atom is -0.478 e. The highest BCUT2D eigenvalue weighted by atomic mass is 32.2. The number of sulfonamides is 1. The summed E-state index contributed by atoms with van der Waals surface area (Å²) >= 11 is 0. The molecular formula is C15H24N2O6S. The van der Waals surface area contributed by atoms with Crippen molar-refractivity contribution in [2.75, 3.05) is 39.3 Å². The minimum absolute atomic E-state index is 0.0998. The van der Waals surface area contributed by atoms with Crippen molar-refractivity contribution < 1.29 is 27.8 Å². The Bertz CT molecular complexity index is 647.